The molecule has 27 heavy (non-hydrogen) atoms. The normalized spacial score (nSPS) is 12.7. The molecule has 0 spiro atoms. The number of imide groups is 1. The molecule has 0 aromatic heterocycles. The summed E-state index contributed by atoms with van der Waals surface area (Å²) in [6.45, 7) is 1.98. The van der Waals surface area contributed by atoms with Crippen molar-refractivity contribution in [3.63, 3.8) is 0 Å². The molecule has 0 saturated heterocycles. The van der Waals surface area contributed by atoms with Gasteiger partial charge in [0.25, 0.3) is 17.7 Å². The maximum atomic E-state index is 12.2. The highest BCUT2D eigenvalue weighted by Gasteiger charge is 2.36. The first-order valence-corrected chi connectivity index (χ1v) is 8.54. The van der Waals surface area contributed by atoms with Gasteiger partial charge in [-0.05, 0) is 31.2 Å². The van der Waals surface area contributed by atoms with Gasteiger partial charge in [0, 0.05) is 18.7 Å². The summed E-state index contributed by atoms with van der Waals surface area (Å²) in [7, 11) is 0. The predicted molar refractivity (Wildman–Crippen MR) is 98.3 cm³/mol. The fourth-order valence-corrected chi connectivity index (χ4v) is 2.85. The Bertz CT molecular complexity index is 888. The molecule has 0 unspecified atom stereocenters. The van der Waals surface area contributed by atoms with Gasteiger partial charge in [0.1, 0.15) is 6.54 Å². The van der Waals surface area contributed by atoms with E-state index < -0.39 is 17.7 Å². The van der Waals surface area contributed by atoms with E-state index in [2.05, 4.69) is 10.6 Å². The molecule has 3 rings (SSSR count). The van der Waals surface area contributed by atoms with Crippen LogP contribution in [0.5, 0.6) is 0 Å². The van der Waals surface area contributed by atoms with Crippen LogP contribution in [0.25, 0.3) is 0 Å². The molecule has 0 bridgehead atoms. The minimum absolute atomic E-state index is 0.194. The number of nitrogens with one attached hydrogen (secondary N) is 2. The van der Waals surface area contributed by atoms with E-state index >= 15 is 0 Å². The van der Waals surface area contributed by atoms with E-state index in [0.717, 1.165) is 10.5 Å². The van der Waals surface area contributed by atoms with E-state index in [1.807, 2.05) is 13.0 Å². The van der Waals surface area contributed by atoms with E-state index in [0.29, 0.717) is 16.7 Å². The number of carbonyl (C=O) groups excluding carboxylic acids is 4. The van der Waals surface area contributed by atoms with Crippen molar-refractivity contribution in [3.05, 3.63) is 70.8 Å². The van der Waals surface area contributed by atoms with Crippen LogP contribution in [0.15, 0.2) is 48.5 Å². The number of benzene rings is 2. The first-order valence-electron chi connectivity index (χ1n) is 8.54. The number of amides is 4. The van der Waals surface area contributed by atoms with Crippen molar-refractivity contribution in [1.29, 1.82) is 0 Å². The van der Waals surface area contributed by atoms with Crippen molar-refractivity contribution in [1.82, 2.24) is 15.5 Å². The predicted octanol–water partition coefficient (Wildman–Crippen LogP) is 1.14. The van der Waals surface area contributed by atoms with Crippen molar-refractivity contribution in [2.24, 2.45) is 0 Å². The fraction of sp³-hybridized carbons (Fsp3) is 0.200. The summed E-state index contributed by atoms with van der Waals surface area (Å²) < 4.78 is 0. The molecule has 2 N–H and O–H groups in total. The van der Waals surface area contributed by atoms with E-state index in [4.69, 9.17) is 0 Å². The SMILES string of the molecule is Cc1cccc(C(=O)NCCNC(=O)CN2C(=O)c3ccccc3C2=O)c1. The van der Waals surface area contributed by atoms with Crippen molar-refractivity contribution in [2.75, 3.05) is 19.6 Å². The molecule has 4 amide bonds. The molecule has 2 aromatic carbocycles. The molecule has 0 radical (unpaired) electrons. The summed E-state index contributed by atoms with van der Waals surface area (Å²) in [5.74, 6) is -1.64. The second-order valence-electron chi connectivity index (χ2n) is 6.22. The highest BCUT2D eigenvalue weighted by molar-refractivity contribution is 6.22. The lowest BCUT2D eigenvalue weighted by molar-refractivity contribution is -0.121. The first-order chi connectivity index (χ1) is 13.0. The van der Waals surface area contributed by atoms with Gasteiger partial charge in [-0.15, -0.1) is 0 Å². The molecular weight excluding hydrogens is 346 g/mol. The standard InChI is InChI=1S/C20H19N3O4/c1-13-5-4-6-14(11-13)18(25)22-10-9-21-17(24)12-23-19(26)15-7-2-3-8-16(15)20(23)27/h2-8,11H,9-10,12H2,1H3,(H,21,24)(H,22,25). The summed E-state index contributed by atoms with van der Waals surface area (Å²) >= 11 is 0. The van der Waals surface area contributed by atoms with Crippen molar-refractivity contribution < 1.29 is 19.2 Å². The monoisotopic (exact) mass is 365 g/mol. The zero-order chi connectivity index (χ0) is 19.4. The Labute approximate surface area is 156 Å². The molecule has 1 aliphatic rings. The Balaban J connectivity index is 1.45. The lowest BCUT2D eigenvalue weighted by atomic mass is 10.1. The average Bonchev–Trinajstić information content (AvgIpc) is 2.90. The maximum absolute atomic E-state index is 12.2. The van der Waals surface area contributed by atoms with Crippen LogP contribution < -0.4 is 10.6 Å². The van der Waals surface area contributed by atoms with Gasteiger partial charge >= 0.3 is 0 Å². The van der Waals surface area contributed by atoms with Gasteiger partial charge in [0.15, 0.2) is 0 Å². The maximum Gasteiger partial charge on any atom is 0.262 e. The van der Waals surface area contributed by atoms with Crippen LogP contribution >= 0.6 is 0 Å². The quantitative estimate of drug-likeness (QED) is 0.593. The van der Waals surface area contributed by atoms with Crippen LogP contribution in [-0.2, 0) is 4.79 Å². The van der Waals surface area contributed by atoms with Gasteiger partial charge in [0.05, 0.1) is 11.1 Å². The molecule has 0 aliphatic carbocycles. The molecule has 0 atom stereocenters. The second-order valence-corrected chi connectivity index (χ2v) is 6.22. The van der Waals surface area contributed by atoms with E-state index in [9.17, 15) is 19.2 Å². The number of hydrogen-bond donors (Lipinski definition) is 2. The summed E-state index contributed by atoms with van der Waals surface area (Å²) in [6.07, 6.45) is 0. The van der Waals surface area contributed by atoms with Gasteiger partial charge in [-0.2, -0.15) is 0 Å². The average molecular weight is 365 g/mol. The largest absolute Gasteiger partial charge is 0.353 e. The number of hydrogen-bond acceptors (Lipinski definition) is 4. The third kappa shape index (κ3) is 4.03. The Kier molecular flexibility index (Phi) is 5.30. The van der Waals surface area contributed by atoms with Gasteiger partial charge < -0.3 is 10.6 Å². The summed E-state index contributed by atoms with van der Waals surface area (Å²) in [5, 5.41) is 5.30. The van der Waals surface area contributed by atoms with Gasteiger partial charge in [-0.25, -0.2) is 0 Å². The Hall–Kier alpha value is -3.48. The molecule has 0 fully saturated rings. The van der Waals surface area contributed by atoms with Crippen LogP contribution in [-0.4, -0.2) is 48.2 Å². The third-order valence-electron chi connectivity index (χ3n) is 4.19. The summed E-state index contributed by atoms with van der Waals surface area (Å²) in [5.41, 5.74) is 2.14. The van der Waals surface area contributed by atoms with Crippen LogP contribution in [0.3, 0.4) is 0 Å². The van der Waals surface area contributed by atoms with Gasteiger partial charge in [-0.3, -0.25) is 24.1 Å². The number of nitrogens with zero attached hydrogens (tertiary/aromatic N) is 1. The topological polar surface area (TPSA) is 95.6 Å². The lowest BCUT2D eigenvalue weighted by Gasteiger charge is -2.13. The van der Waals surface area contributed by atoms with Crippen molar-refractivity contribution >= 4 is 23.6 Å². The molecular formula is C20H19N3O4. The number of aryl methyl sites for hydroxylation is 1. The van der Waals surface area contributed by atoms with Crippen LogP contribution in [0.4, 0.5) is 0 Å². The molecule has 7 nitrogen and oxygen atoms in total. The molecule has 0 saturated carbocycles. The minimum Gasteiger partial charge on any atom is -0.353 e. The molecule has 1 heterocycles. The number of fused-ring (bicyclic) bond motifs is 1. The summed E-state index contributed by atoms with van der Waals surface area (Å²) in [4.78, 5) is 49.4. The van der Waals surface area contributed by atoms with Crippen LogP contribution in [0.1, 0.15) is 36.6 Å². The second kappa shape index (κ2) is 7.82. The van der Waals surface area contributed by atoms with E-state index in [-0.39, 0.29) is 25.5 Å². The highest BCUT2D eigenvalue weighted by Crippen LogP contribution is 2.21. The van der Waals surface area contributed by atoms with Crippen LogP contribution in [0.2, 0.25) is 0 Å². The van der Waals surface area contributed by atoms with Crippen LogP contribution in [0, 0.1) is 6.92 Å². The van der Waals surface area contributed by atoms with E-state index in [1.165, 1.54) is 0 Å². The first kappa shape index (κ1) is 18.3. The van der Waals surface area contributed by atoms with Crippen molar-refractivity contribution in [2.45, 2.75) is 6.92 Å². The highest BCUT2D eigenvalue weighted by atomic mass is 16.2. The van der Waals surface area contributed by atoms with E-state index in [1.54, 1.807) is 42.5 Å². The number of carbonyl (C=O) groups is 4. The van der Waals surface area contributed by atoms with Gasteiger partial charge in [0.2, 0.25) is 5.91 Å². The smallest absolute Gasteiger partial charge is 0.262 e. The summed E-state index contributed by atoms with van der Waals surface area (Å²) in [6, 6.07) is 13.7. The molecule has 2 aromatic rings. The third-order valence-corrected chi connectivity index (χ3v) is 4.19. The lowest BCUT2D eigenvalue weighted by Crippen LogP contribution is -2.42. The Morgan fingerprint density at radius 3 is 2.15 bits per heavy atom. The molecule has 7 heteroatoms. The Morgan fingerprint density at radius 2 is 1.52 bits per heavy atom. The zero-order valence-electron chi connectivity index (χ0n) is 14.8. The minimum atomic E-state index is -0.474. The van der Waals surface area contributed by atoms with Gasteiger partial charge in [-0.1, -0.05) is 29.8 Å². The molecule has 138 valence electrons. The fourth-order valence-electron chi connectivity index (χ4n) is 2.85. The number of rotatable bonds is 6. The molecule has 1 aliphatic heterocycles. The van der Waals surface area contributed by atoms with Crippen molar-refractivity contribution in [3.8, 4) is 0 Å². The zero-order valence-corrected chi connectivity index (χ0v) is 14.8. The Morgan fingerprint density at radius 1 is 0.889 bits per heavy atom.